The van der Waals surface area contributed by atoms with Crippen LogP contribution >= 0.6 is 0 Å². The monoisotopic (exact) mass is 239 g/mol. The average molecular weight is 239 g/mol. The van der Waals surface area contributed by atoms with Gasteiger partial charge in [0.2, 0.25) is 0 Å². The third-order valence-corrected chi connectivity index (χ3v) is 3.24. The zero-order chi connectivity index (χ0) is 11.6. The summed E-state index contributed by atoms with van der Waals surface area (Å²) in [7, 11) is -3.63. The van der Waals surface area contributed by atoms with Crippen molar-refractivity contribution < 1.29 is 12.9 Å². The van der Waals surface area contributed by atoms with E-state index in [-0.39, 0.29) is 10.7 Å². The van der Waals surface area contributed by atoms with Gasteiger partial charge in [-0.1, -0.05) is 5.16 Å². The first-order chi connectivity index (χ1) is 7.58. The second-order valence-electron chi connectivity index (χ2n) is 3.06. The van der Waals surface area contributed by atoms with Crippen molar-refractivity contribution in [2.75, 3.05) is 10.5 Å². The lowest BCUT2D eigenvalue weighted by Crippen LogP contribution is -2.13. The van der Waals surface area contributed by atoms with Gasteiger partial charge in [0.15, 0.2) is 5.82 Å². The van der Waals surface area contributed by atoms with Crippen LogP contribution in [0.1, 0.15) is 0 Å². The van der Waals surface area contributed by atoms with Crippen molar-refractivity contribution in [3.05, 3.63) is 36.6 Å². The SMILES string of the molecule is Nc1ccc(S(=O)(=O)Nc2ccon2)cc1. The molecule has 0 aliphatic heterocycles. The van der Waals surface area contributed by atoms with Crippen LogP contribution in [0.2, 0.25) is 0 Å². The van der Waals surface area contributed by atoms with Crippen molar-refractivity contribution in [3.63, 3.8) is 0 Å². The van der Waals surface area contributed by atoms with Crippen LogP contribution in [0.25, 0.3) is 0 Å². The summed E-state index contributed by atoms with van der Waals surface area (Å²) >= 11 is 0. The van der Waals surface area contributed by atoms with Gasteiger partial charge in [-0.25, -0.2) is 8.42 Å². The van der Waals surface area contributed by atoms with Gasteiger partial charge in [0.1, 0.15) is 6.26 Å². The second kappa shape index (κ2) is 3.86. The van der Waals surface area contributed by atoms with E-state index < -0.39 is 10.0 Å². The van der Waals surface area contributed by atoms with Crippen molar-refractivity contribution in [1.29, 1.82) is 0 Å². The van der Waals surface area contributed by atoms with Gasteiger partial charge in [-0.2, -0.15) is 0 Å². The van der Waals surface area contributed by atoms with E-state index in [1.54, 1.807) is 0 Å². The normalized spacial score (nSPS) is 11.2. The minimum atomic E-state index is -3.63. The van der Waals surface area contributed by atoms with Gasteiger partial charge in [-0.15, -0.1) is 0 Å². The highest BCUT2D eigenvalue weighted by atomic mass is 32.2. The first-order valence-corrected chi connectivity index (χ1v) is 5.85. The third kappa shape index (κ3) is 2.14. The summed E-state index contributed by atoms with van der Waals surface area (Å²) in [6.07, 6.45) is 1.28. The zero-order valence-corrected chi connectivity index (χ0v) is 8.94. The number of rotatable bonds is 3. The van der Waals surface area contributed by atoms with Gasteiger partial charge in [-0.3, -0.25) is 4.72 Å². The van der Waals surface area contributed by atoms with Gasteiger partial charge >= 0.3 is 0 Å². The van der Waals surface area contributed by atoms with Crippen molar-refractivity contribution in [2.24, 2.45) is 0 Å². The van der Waals surface area contributed by atoms with E-state index in [9.17, 15) is 8.42 Å². The Morgan fingerprint density at radius 3 is 2.44 bits per heavy atom. The van der Waals surface area contributed by atoms with E-state index in [1.165, 1.54) is 36.6 Å². The summed E-state index contributed by atoms with van der Waals surface area (Å²) < 4.78 is 30.3. The molecule has 0 bridgehead atoms. The number of nitrogens with one attached hydrogen (secondary N) is 1. The summed E-state index contributed by atoms with van der Waals surface area (Å²) in [5, 5.41) is 3.45. The fourth-order valence-corrected chi connectivity index (χ4v) is 2.10. The Morgan fingerprint density at radius 2 is 1.88 bits per heavy atom. The highest BCUT2D eigenvalue weighted by Gasteiger charge is 2.14. The molecule has 3 N–H and O–H groups in total. The minimum Gasteiger partial charge on any atom is -0.399 e. The molecule has 2 rings (SSSR count). The number of hydrogen-bond donors (Lipinski definition) is 2. The Kier molecular flexibility index (Phi) is 2.53. The summed E-state index contributed by atoms with van der Waals surface area (Å²) in [6.45, 7) is 0. The van der Waals surface area contributed by atoms with E-state index in [2.05, 4.69) is 14.4 Å². The standard InChI is InChI=1S/C9H9N3O3S/c10-7-1-3-8(4-2-7)16(13,14)12-9-5-6-15-11-9/h1-6H,10H2,(H,11,12). The molecule has 0 radical (unpaired) electrons. The average Bonchev–Trinajstić information content (AvgIpc) is 2.70. The van der Waals surface area contributed by atoms with E-state index in [0.717, 1.165) is 0 Å². The third-order valence-electron chi connectivity index (χ3n) is 1.87. The highest BCUT2D eigenvalue weighted by Crippen LogP contribution is 2.15. The van der Waals surface area contributed by atoms with Crippen LogP contribution in [0.4, 0.5) is 11.5 Å². The van der Waals surface area contributed by atoms with Gasteiger partial charge < -0.3 is 10.3 Å². The highest BCUT2D eigenvalue weighted by molar-refractivity contribution is 7.92. The first kappa shape index (κ1) is 10.5. The lowest BCUT2D eigenvalue weighted by atomic mass is 10.3. The van der Waals surface area contributed by atoms with Crippen LogP contribution in [-0.2, 0) is 10.0 Å². The molecule has 0 amide bonds. The molecule has 6 nitrogen and oxygen atoms in total. The van der Waals surface area contributed by atoms with Crippen LogP contribution in [0.15, 0.2) is 46.0 Å². The first-order valence-electron chi connectivity index (χ1n) is 4.37. The maximum absolute atomic E-state index is 11.8. The molecule has 0 saturated heterocycles. The second-order valence-corrected chi connectivity index (χ2v) is 4.74. The summed E-state index contributed by atoms with van der Waals surface area (Å²) in [6, 6.07) is 7.26. The molecule has 2 aromatic rings. The van der Waals surface area contributed by atoms with Crippen LogP contribution in [0.3, 0.4) is 0 Å². The lowest BCUT2D eigenvalue weighted by molar-refractivity contribution is 0.423. The fourth-order valence-electron chi connectivity index (χ4n) is 1.11. The number of nitrogens with zero attached hydrogens (tertiary/aromatic N) is 1. The van der Waals surface area contributed by atoms with Crippen molar-refractivity contribution in [3.8, 4) is 0 Å². The molecular formula is C9H9N3O3S. The van der Waals surface area contributed by atoms with Gasteiger partial charge in [0.25, 0.3) is 10.0 Å². The number of benzene rings is 1. The molecule has 1 heterocycles. The molecule has 0 atom stereocenters. The van der Waals surface area contributed by atoms with Crippen LogP contribution < -0.4 is 10.5 Å². The van der Waals surface area contributed by atoms with Crippen LogP contribution in [0.5, 0.6) is 0 Å². The molecule has 16 heavy (non-hydrogen) atoms. The molecule has 84 valence electrons. The predicted octanol–water partition coefficient (Wildman–Crippen LogP) is 1.06. The van der Waals surface area contributed by atoms with Crippen LogP contribution in [-0.4, -0.2) is 13.6 Å². The van der Waals surface area contributed by atoms with Crippen molar-refractivity contribution in [2.45, 2.75) is 4.90 Å². The molecule has 0 aliphatic rings. The molecule has 7 heteroatoms. The van der Waals surface area contributed by atoms with Gasteiger partial charge in [0, 0.05) is 11.8 Å². The Bertz CT molecular complexity index is 561. The minimum absolute atomic E-state index is 0.115. The number of nitrogens with two attached hydrogens (primary N) is 1. The molecule has 0 aliphatic carbocycles. The van der Waals surface area contributed by atoms with E-state index in [4.69, 9.17) is 5.73 Å². The van der Waals surface area contributed by atoms with Gasteiger partial charge in [-0.05, 0) is 24.3 Å². The lowest BCUT2D eigenvalue weighted by Gasteiger charge is -2.04. The molecule has 0 fully saturated rings. The summed E-state index contributed by atoms with van der Waals surface area (Å²) in [4.78, 5) is 0.115. The quantitative estimate of drug-likeness (QED) is 0.780. The maximum atomic E-state index is 11.8. The number of hydrogen-bond acceptors (Lipinski definition) is 5. The fraction of sp³-hybridized carbons (Fsp3) is 0. The number of sulfonamides is 1. The molecule has 1 aromatic heterocycles. The Labute approximate surface area is 92.1 Å². The Balaban J connectivity index is 2.29. The van der Waals surface area contributed by atoms with Crippen molar-refractivity contribution in [1.82, 2.24) is 5.16 Å². The largest absolute Gasteiger partial charge is 0.399 e. The van der Waals surface area contributed by atoms with Crippen LogP contribution in [0, 0.1) is 0 Å². The predicted molar refractivity (Wildman–Crippen MR) is 58.2 cm³/mol. The number of nitrogen functional groups attached to an aromatic ring is 1. The Hall–Kier alpha value is -2.02. The molecule has 0 unspecified atom stereocenters. The van der Waals surface area contributed by atoms with E-state index in [1.807, 2.05) is 0 Å². The summed E-state index contributed by atoms with van der Waals surface area (Å²) in [5.74, 6) is 0.136. The zero-order valence-electron chi connectivity index (χ0n) is 8.12. The molecule has 0 spiro atoms. The van der Waals surface area contributed by atoms with E-state index >= 15 is 0 Å². The Morgan fingerprint density at radius 1 is 1.19 bits per heavy atom. The smallest absolute Gasteiger partial charge is 0.263 e. The van der Waals surface area contributed by atoms with E-state index in [0.29, 0.717) is 5.69 Å². The maximum Gasteiger partial charge on any atom is 0.263 e. The molecular weight excluding hydrogens is 230 g/mol. The number of aromatic nitrogens is 1. The number of anilines is 2. The van der Waals surface area contributed by atoms with Gasteiger partial charge in [0.05, 0.1) is 4.90 Å². The van der Waals surface area contributed by atoms with Crippen molar-refractivity contribution >= 4 is 21.5 Å². The molecule has 0 saturated carbocycles. The molecule has 1 aromatic carbocycles. The topological polar surface area (TPSA) is 98.2 Å². The summed E-state index contributed by atoms with van der Waals surface area (Å²) in [5.41, 5.74) is 5.96.